The highest BCUT2D eigenvalue weighted by molar-refractivity contribution is 6.17. The van der Waals surface area contributed by atoms with E-state index >= 15 is 0 Å². The quantitative estimate of drug-likeness (QED) is 0.872. The predicted octanol–water partition coefficient (Wildman–Crippen LogP) is 3.31. The van der Waals surface area contributed by atoms with Gasteiger partial charge >= 0.3 is 0 Å². The van der Waals surface area contributed by atoms with E-state index in [1.54, 1.807) is 17.0 Å². The number of nitrogens with one attached hydrogen (secondary N) is 1. The van der Waals surface area contributed by atoms with Gasteiger partial charge in [-0.1, -0.05) is 12.1 Å². The molecule has 0 amide bonds. The minimum Gasteiger partial charge on any atom is -0.336 e. The van der Waals surface area contributed by atoms with Crippen LogP contribution in [0.15, 0.2) is 41.5 Å². The summed E-state index contributed by atoms with van der Waals surface area (Å²) in [4.78, 5) is 16.2. The molecule has 0 saturated carbocycles. The fraction of sp³-hybridized carbons (Fsp3) is 0.286. The van der Waals surface area contributed by atoms with Crippen molar-refractivity contribution in [3.63, 3.8) is 0 Å². The first kappa shape index (κ1) is 13.6. The third kappa shape index (κ3) is 3.15. The van der Waals surface area contributed by atoms with Gasteiger partial charge in [-0.05, 0) is 31.5 Å². The Labute approximate surface area is 117 Å². The van der Waals surface area contributed by atoms with Crippen LogP contribution >= 0.6 is 11.6 Å². The number of hydrogen-bond donors (Lipinski definition) is 1. The Kier molecular flexibility index (Phi) is 4.22. The van der Waals surface area contributed by atoms with Crippen molar-refractivity contribution in [3.05, 3.63) is 52.6 Å². The first-order valence-corrected chi connectivity index (χ1v) is 6.64. The van der Waals surface area contributed by atoms with Crippen LogP contribution in [0.1, 0.15) is 25.5 Å². The van der Waals surface area contributed by atoms with E-state index in [2.05, 4.69) is 10.3 Å². The summed E-state index contributed by atoms with van der Waals surface area (Å²) in [5.41, 5.74) is 1.73. The van der Waals surface area contributed by atoms with Crippen LogP contribution in [0, 0.1) is 0 Å². The molecule has 0 atom stereocenters. The van der Waals surface area contributed by atoms with Crippen molar-refractivity contribution < 1.29 is 0 Å². The molecule has 100 valence electrons. The first-order valence-electron chi connectivity index (χ1n) is 6.11. The van der Waals surface area contributed by atoms with Crippen molar-refractivity contribution in [2.75, 3.05) is 5.32 Å². The highest BCUT2D eigenvalue weighted by atomic mass is 35.5. The maximum atomic E-state index is 12.2. The topological polar surface area (TPSA) is 46.9 Å². The average molecular weight is 278 g/mol. The van der Waals surface area contributed by atoms with Gasteiger partial charge in [0.1, 0.15) is 0 Å². The van der Waals surface area contributed by atoms with E-state index in [4.69, 9.17) is 11.6 Å². The molecule has 0 saturated heterocycles. The minimum absolute atomic E-state index is 0.106. The standard InChI is InChI=1S/C14H16ClN3O/c1-10(2)18-8-7-16-13(14(18)19)17-12-5-3-11(9-15)4-6-12/h3-8,10H,9H2,1-2H3,(H,16,17). The lowest BCUT2D eigenvalue weighted by Crippen LogP contribution is -2.24. The molecule has 0 radical (unpaired) electrons. The van der Waals surface area contributed by atoms with Crippen molar-refractivity contribution >= 4 is 23.1 Å². The Morgan fingerprint density at radius 1 is 1.32 bits per heavy atom. The predicted molar refractivity (Wildman–Crippen MR) is 78.2 cm³/mol. The molecule has 19 heavy (non-hydrogen) atoms. The van der Waals surface area contributed by atoms with E-state index in [9.17, 15) is 4.79 Å². The molecule has 2 rings (SSSR count). The summed E-state index contributed by atoms with van der Waals surface area (Å²) in [5.74, 6) is 0.805. The van der Waals surface area contributed by atoms with Crippen LogP contribution in [0.2, 0.25) is 0 Å². The van der Waals surface area contributed by atoms with E-state index in [1.165, 1.54) is 0 Å². The Morgan fingerprint density at radius 3 is 2.58 bits per heavy atom. The first-order chi connectivity index (χ1) is 9.11. The molecule has 1 heterocycles. The van der Waals surface area contributed by atoms with Crippen LogP contribution in [0.5, 0.6) is 0 Å². The summed E-state index contributed by atoms with van der Waals surface area (Å²) in [6.07, 6.45) is 3.31. The van der Waals surface area contributed by atoms with Gasteiger partial charge in [0.05, 0.1) is 0 Å². The van der Waals surface area contributed by atoms with Gasteiger partial charge in [0, 0.05) is 30.0 Å². The van der Waals surface area contributed by atoms with E-state index in [-0.39, 0.29) is 11.6 Å². The highest BCUT2D eigenvalue weighted by Gasteiger charge is 2.07. The molecule has 0 unspecified atom stereocenters. The number of aromatic nitrogens is 2. The number of benzene rings is 1. The van der Waals surface area contributed by atoms with Crippen molar-refractivity contribution in [1.29, 1.82) is 0 Å². The van der Waals surface area contributed by atoms with Gasteiger partial charge in [-0.25, -0.2) is 4.98 Å². The average Bonchev–Trinajstić information content (AvgIpc) is 2.41. The van der Waals surface area contributed by atoms with Gasteiger partial charge in [0.15, 0.2) is 5.82 Å². The van der Waals surface area contributed by atoms with Crippen molar-refractivity contribution in [2.24, 2.45) is 0 Å². The normalized spacial score (nSPS) is 10.7. The lowest BCUT2D eigenvalue weighted by atomic mass is 10.2. The second kappa shape index (κ2) is 5.89. The second-order valence-electron chi connectivity index (χ2n) is 4.54. The summed E-state index contributed by atoms with van der Waals surface area (Å²) >= 11 is 5.73. The molecule has 0 spiro atoms. The van der Waals surface area contributed by atoms with Gasteiger partial charge < -0.3 is 9.88 Å². The molecule has 1 aromatic heterocycles. The second-order valence-corrected chi connectivity index (χ2v) is 4.80. The number of alkyl halides is 1. The maximum Gasteiger partial charge on any atom is 0.293 e. The van der Waals surface area contributed by atoms with Crippen LogP contribution in [0.3, 0.4) is 0 Å². The smallest absolute Gasteiger partial charge is 0.293 e. The molecule has 2 aromatic rings. The molecule has 0 bridgehead atoms. The maximum absolute atomic E-state index is 12.2. The number of halogens is 1. The lowest BCUT2D eigenvalue weighted by Gasteiger charge is -2.11. The van der Waals surface area contributed by atoms with E-state index < -0.39 is 0 Å². The van der Waals surface area contributed by atoms with Crippen molar-refractivity contribution in [2.45, 2.75) is 25.8 Å². The zero-order valence-electron chi connectivity index (χ0n) is 10.9. The fourth-order valence-electron chi connectivity index (χ4n) is 1.73. The molecule has 5 heteroatoms. The SMILES string of the molecule is CC(C)n1ccnc(Nc2ccc(CCl)cc2)c1=O. The zero-order chi connectivity index (χ0) is 13.8. The van der Waals surface area contributed by atoms with Gasteiger partial charge in [-0.3, -0.25) is 4.79 Å². The van der Waals surface area contributed by atoms with Gasteiger partial charge in [0.25, 0.3) is 5.56 Å². The summed E-state index contributed by atoms with van der Waals surface area (Å²) in [6, 6.07) is 7.70. The number of nitrogens with zero attached hydrogens (tertiary/aromatic N) is 2. The van der Waals surface area contributed by atoms with Crippen LogP contribution in [0.4, 0.5) is 11.5 Å². The molecule has 0 aliphatic rings. The van der Waals surface area contributed by atoms with Gasteiger partial charge in [-0.2, -0.15) is 0 Å². The van der Waals surface area contributed by atoms with E-state index in [0.717, 1.165) is 11.3 Å². The van der Waals surface area contributed by atoms with E-state index in [1.807, 2.05) is 38.1 Å². The minimum atomic E-state index is -0.126. The van der Waals surface area contributed by atoms with Gasteiger partial charge in [-0.15, -0.1) is 11.6 Å². The third-order valence-electron chi connectivity index (χ3n) is 2.80. The van der Waals surface area contributed by atoms with Gasteiger partial charge in [0.2, 0.25) is 0 Å². The number of hydrogen-bond acceptors (Lipinski definition) is 3. The van der Waals surface area contributed by atoms with E-state index in [0.29, 0.717) is 11.7 Å². The lowest BCUT2D eigenvalue weighted by molar-refractivity contribution is 0.576. The Bertz CT molecular complexity index is 605. The summed E-state index contributed by atoms with van der Waals surface area (Å²) in [7, 11) is 0. The molecule has 0 aliphatic carbocycles. The molecular formula is C14H16ClN3O. The largest absolute Gasteiger partial charge is 0.336 e. The molecular weight excluding hydrogens is 262 g/mol. The Morgan fingerprint density at radius 2 is 2.00 bits per heavy atom. The molecule has 1 N–H and O–H groups in total. The Balaban J connectivity index is 2.28. The molecule has 0 fully saturated rings. The van der Waals surface area contributed by atoms with Crippen LogP contribution in [-0.2, 0) is 5.88 Å². The van der Waals surface area contributed by atoms with Crippen LogP contribution in [-0.4, -0.2) is 9.55 Å². The van der Waals surface area contributed by atoms with Crippen LogP contribution in [0.25, 0.3) is 0 Å². The third-order valence-corrected chi connectivity index (χ3v) is 3.10. The summed E-state index contributed by atoms with van der Waals surface area (Å²) in [5, 5.41) is 3.03. The van der Waals surface area contributed by atoms with Crippen molar-refractivity contribution in [1.82, 2.24) is 9.55 Å². The summed E-state index contributed by atoms with van der Waals surface area (Å²) in [6.45, 7) is 3.92. The number of anilines is 2. The number of rotatable bonds is 4. The monoisotopic (exact) mass is 277 g/mol. The molecule has 1 aromatic carbocycles. The fourth-order valence-corrected chi connectivity index (χ4v) is 1.91. The van der Waals surface area contributed by atoms with Crippen LogP contribution < -0.4 is 10.9 Å². The van der Waals surface area contributed by atoms with Crippen molar-refractivity contribution in [3.8, 4) is 0 Å². The zero-order valence-corrected chi connectivity index (χ0v) is 11.7. The Hall–Kier alpha value is -1.81. The highest BCUT2D eigenvalue weighted by Crippen LogP contribution is 2.14. The molecule has 4 nitrogen and oxygen atoms in total. The molecule has 0 aliphatic heterocycles. The summed E-state index contributed by atoms with van der Waals surface area (Å²) < 4.78 is 1.64.